The third-order valence-corrected chi connectivity index (χ3v) is 4.22. The maximum atomic E-state index is 13.1. The lowest BCUT2D eigenvalue weighted by Gasteiger charge is -2.16. The number of thioether (sulfide) groups is 1. The van der Waals surface area contributed by atoms with Gasteiger partial charge >= 0.3 is 0 Å². The highest BCUT2D eigenvalue weighted by Crippen LogP contribution is 2.33. The van der Waals surface area contributed by atoms with E-state index in [0.717, 1.165) is 0 Å². The van der Waals surface area contributed by atoms with Crippen LogP contribution in [0.3, 0.4) is 0 Å². The van der Waals surface area contributed by atoms with Crippen molar-refractivity contribution in [3.8, 4) is 0 Å². The molecule has 112 valence electrons. The lowest BCUT2D eigenvalue weighted by molar-refractivity contribution is -0.116. The van der Waals surface area contributed by atoms with E-state index < -0.39 is 0 Å². The molecule has 2 aromatic rings. The number of halogens is 2. The van der Waals surface area contributed by atoms with Gasteiger partial charge in [-0.1, -0.05) is 11.8 Å². The van der Waals surface area contributed by atoms with Gasteiger partial charge < -0.3 is 0 Å². The third-order valence-electron chi connectivity index (χ3n) is 3.18. The number of amidine groups is 1. The van der Waals surface area contributed by atoms with Gasteiger partial charge in [0.15, 0.2) is 5.17 Å². The molecular weight excluding hydrogens is 306 g/mol. The minimum absolute atomic E-state index is 0.113. The second-order valence-electron chi connectivity index (χ2n) is 4.78. The molecule has 0 aliphatic carbocycles. The number of nitrogens with zero attached hydrogens (tertiary/aromatic N) is 2. The second kappa shape index (κ2) is 5.88. The molecule has 0 aromatic heterocycles. The van der Waals surface area contributed by atoms with E-state index in [4.69, 9.17) is 0 Å². The molecule has 0 bridgehead atoms. The topological polar surface area (TPSA) is 32.7 Å². The number of amides is 1. The number of aliphatic imine (C=N–C) groups is 1. The zero-order valence-electron chi connectivity index (χ0n) is 11.7. The van der Waals surface area contributed by atoms with Crippen LogP contribution in [0.2, 0.25) is 0 Å². The smallest absolute Gasteiger partial charge is 0.246 e. The molecular formula is C16H12F2N2OS. The van der Waals surface area contributed by atoms with Crippen LogP contribution in [-0.4, -0.2) is 16.3 Å². The van der Waals surface area contributed by atoms with Crippen molar-refractivity contribution in [1.82, 2.24) is 0 Å². The summed E-state index contributed by atoms with van der Waals surface area (Å²) in [6.45, 7) is 1.79. The minimum atomic E-state index is -0.367. The van der Waals surface area contributed by atoms with E-state index in [-0.39, 0.29) is 22.8 Å². The number of hydrogen-bond acceptors (Lipinski definition) is 3. The predicted octanol–water partition coefficient (Wildman–Crippen LogP) is 4.12. The van der Waals surface area contributed by atoms with Crippen LogP contribution in [0, 0.1) is 11.6 Å². The standard InChI is InChI=1S/C16H12F2N2OS/c1-10-15(21)20(14-8-4-12(18)5-9-14)16(22-10)19-13-6-2-11(17)3-7-13/h2-10H,1H3. The van der Waals surface area contributed by atoms with Crippen molar-refractivity contribution in [2.45, 2.75) is 12.2 Å². The predicted molar refractivity (Wildman–Crippen MR) is 84.4 cm³/mol. The number of carbonyl (C=O) groups excluding carboxylic acids is 1. The maximum Gasteiger partial charge on any atom is 0.246 e. The molecule has 1 fully saturated rings. The highest BCUT2D eigenvalue weighted by molar-refractivity contribution is 8.16. The summed E-state index contributed by atoms with van der Waals surface area (Å²) in [5, 5.41) is 0.222. The SMILES string of the molecule is CC1SC(=Nc2ccc(F)cc2)N(c2ccc(F)cc2)C1=O. The summed E-state index contributed by atoms with van der Waals surface area (Å²) in [6, 6.07) is 11.4. The van der Waals surface area contributed by atoms with Crippen molar-refractivity contribution in [1.29, 1.82) is 0 Å². The highest BCUT2D eigenvalue weighted by atomic mass is 32.2. The molecule has 1 aliphatic rings. The van der Waals surface area contributed by atoms with Crippen molar-refractivity contribution in [3.05, 3.63) is 60.2 Å². The highest BCUT2D eigenvalue weighted by Gasteiger charge is 2.36. The lowest BCUT2D eigenvalue weighted by atomic mass is 10.2. The molecule has 6 heteroatoms. The first-order chi connectivity index (χ1) is 10.5. The lowest BCUT2D eigenvalue weighted by Crippen LogP contribution is -2.31. The molecule has 3 rings (SSSR count). The Labute approximate surface area is 130 Å². The average molecular weight is 318 g/mol. The van der Waals surface area contributed by atoms with Crippen LogP contribution in [0.1, 0.15) is 6.92 Å². The van der Waals surface area contributed by atoms with E-state index in [1.807, 2.05) is 0 Å². The van der Waals surface area contributed by atoms with Crippen molar-refractivity contribution in [2.75, 3.05) is 4.90 Å². The van der Waals surface area contributed by atoms with Gasteiger partial charge in [-0.2, -0.15) is 0 Å². The Bertz CT molecular complexity index is 729. The van der Waals surface area contributed by atoms with Crippen molar-refractivity contribution in [2.24, 2.45) is 4.99 Å². The Kier molecular flexibility index (Phi) is 3.94. The fraction of sp³-hybridized carbons (Fsp3) is 0.125. The maximum absolute atomic E-state index is 13.1. The molecule has 0 radical (unpaired) electrons. The van der Waals surface area contributed by atoms with Crippen LogP contribution in [0.5, 0.6) is 0 Å². The van der Waals surface area contributed by atoms with E-state index in [1.54, 1.807) is 19.1 Å². The third kappa shape index (κ3) is 2.87. The van der Waals surface area contributed by atoms with E-state index >= 15 is 0 Å². The van der Waals surface area contributed by atoms with Crippen molar-refractivity contribution < 1.29 is 13.6 Å². The largest absolute Gasteiger partial charge is 0.273 e. The van der Waals surface area contributed by atoms with Crippen LogP contribution in [0.4, 0.5) is 20.2 Å². The minimum Gasteiger partial charge on any atom is -0.273 e. The first kappa shape index (κ1) is 14.7. The van der Waals surface area contributed by atoms with Gasteiger partial charge in [-0.3, -0.25) is 9.69 Å². The normalized spacial score (nSPS) is 20.0. The van der Waals surface area contributed by atoms with Crippen LogP contribution in [0.25, 0.3) is 0 Å². The van der Waals surface area contributed by atoms with Gasteiger partial charge in [-0.25, -0.2) is 13.8 Å². The first-order valence-electron chi connectivity index (χ1n) is 6.65. The monoisotopic (exact) mass is 318 g/mol. The molecule has 22 heavy (non-hydrogen) atoms. The summed E-state index contributed by atoms with van der Waals surface area (Å²) in [5.41, 5.74) is 1.11. The number of carbonyl (C=O) groups is 1. The first-order valence-corrected chi connectivity index (χ1v) is 7.53. The van der Waals surface area contributed by atoms with Crippen LogP contribution in [0.15, 0.2) is 53.5 Å². The summed E-state index contributed by atoms with van der Waals surface area (Å²) in [7, 11) is 0. The molecule has 1 unspecified atom stereocenters. The Hall–Kier alpha value is -2.21. The van der Waals surface area contributed by atoms with Gasteiger partial charge in [0.05, 0.1) is 16.6 Å². The molecule has 1 aliphatic heterocycles. The van der Waals surface area contributed by atoms with Crippen LogP contribution < -0.4 is 4.90 Å². The fourth-order valence-electron chi connectivity index (χ4n) is 2.07. The van der Waals surface area contributed by atoms with Crippen molar-refractivity contribution in [3.63, 3.8) is 0 Å². The molecule has 2 aromatic carbocycles. The molecule has 1 saturated heterocycles. The zero-order chi connectivity index (χ0) is 15.7. The number of benzene rings is 2. The number of anilines is 1. The van der Waals surface area contributed by atoms with Gasteiger partial charge in [0, 0.05) is 0 Å². The number of hydrogen-bond donors (Lipinski definition) is 0. The van der Waals surface area contributed by atoms with E-state index in [2.05, 4.69) is 4.99 Å². The summed E-state index contributed by atoms with van der Waals surface area (Å²) in [4.78, 5) is 18.2. The summed E-state index contributed by atoms with van der Waals surface area (Å²) < 4.78 is 26.0. The Morgan fingerprint density at radius 3 is 2.14 bits per heavy atom. The van der Waals surface area contributed by atoms with Crippen LogP contribution in [-0.2, 0) is 4.79 Å². The Morgan fingerprint density at radius 1 is 1.00 bits per heavy atom. The molecule has 1 atom stereocenters. The summed E-state index contributed by atoms with van der Waals surface area (Å²) >= 11 is 1.32. The Morgan fingerprint density at radius 2 is 1.55 bits per heavy atom. The molecule has 0 saturated carbocycles. The summed E-state index contributed by atoms with van der Waals surface area (Å²) in [6.07, 6.45) is 0. The fourth-order valence-corrected chi connectivity index (χ4v) is 3.05. The average Bonchev–Trinajstić information content (AvgIpc) is 2.77. The molecule has 0 spiro atoms. The van der Waals surface area contributed by atoms with E-state index in [1.165, 1.54) is 53.1 Å². The second-order valence-corrected chi connectivity index (χ2v) is 6.09. The molecule has 0 N–H and O–H groups in total. The zero-order valence-corrected chi connectivity index (χ0v) is 12.5. The quantitative estimate of drug-likeness (QED) is 0.834. The van der Waals surface area contributed by atoms with E-state index in [9.17, 15) is 13.6 Å². The van der Waals surface area contributed by atoms with E-state index in [0.29, 0.717) is 16.5 Å². The van der Waals surface area contributed by atoms with Gasteiger partial charge in [0.2, 0.25) is 5.91 Å². The van der Waals surface area contributed by atoms with Crippen molar-refractivity contribution >= 4 is 34.2 Å². The van der Waals surface area contributed by atoms with Gasteiger partial charge in [0.1, 0.15) is 11.6 Å². The molecule has 3 nitrogen and oxygen atoms in total. The van der Waals surface area contributed by atoms with Gasteiger partial charge in [0.25, 0.3) is 0 Å². The number of rotatable bonds is 2. The summed E-state index contributed by atoms with van der Waals surface area (Å²) in [5.74, 6) is -0.826. The van der Waals surface area contributed by atoms with Gasteiger partial charge in [-0.15, -0.1) is 0 Å². The van der Waals surface area contributed by atoms with Crippen LogP contribution >= 0.6 is 11.8 Å². The molecule has 1 amide bonds. The van der Waals surface area contributed by atoms with Gasteiger partial charge in [-0.05, 0) is 55.5 Å². The Balaban J connectivity index is 1.99. The molecule has 1 heterocycles.